The molecule has 2 heterocycles. The molecule has 0 saturated carbocycles. The first-order valence-corrected chi connectivity index (χ1v) is 6.74. The lowest BCUT2D eigenvalue weighted by molar-refractivity contribution is 0.0404. The van der Waals surface area contributed by atoms with Gasteiger partial charge in [-0.3, -0.25) is 9.69 Å². The van der Waals surface area contributed by atoms with Crippen LogP contribution in [0.4, 0.5) is 0 Å². The lowest BCUT2D eigenvalue weighted by Gasteiger charge is -2.43. The van der Waals surface area contributed by atoms with Crippen molar-refractivity contribution in [2.75, 3.05) is 32.7 Å². The molecular weight excluding hydrogens is 242 g/mol. The number of piperazine rings is 1. The van der Waals surface area contributed by atoms with Crippen LogP contribution in [0.5, 0.6) is 0 Å². The van der Waals surface area contributed by atoms with Crippen molar-refractivity contribution in [3.05, 3.63) is 23.7 Å². The van der Waals surface area contributed by atoms with Crippen LogP contribution in [0.3, 0.4) is 0 Å². The van der Waals surface area contributed by atoms with Crippen molar-refractivity contribution >= 4 is 5.91 Å². The second-order valence-corrected chi connectivity index (χ2v) is 5.73. The Hall–Kier alpha value is -1.33. The highest BCUT2D eigenvalue weighted by atomic mass is 16.3. The minimum Gasteiger partial charge on any atom is -0.459 e. The Bertz CT molecular complexity index is 445. The summed E-state index contributed by atoms with van der Waals surface area (Å²) in [5, 5.41) is 0. The molecule has 0 spiro atoms. The highest BCUT2D eigenvalue weighted by molar-refractivity contribution is 5.92. The Balaban J connectivity index is 1.97. The van der Waals surface area contributed by atoms with E-state index in [1.54, 1.807) is 6.26 Å². The standard InChI is InChI=1S/C14H23N3O2/c1-11-4-9-19-12(11)13(18)16-5-7-17(8-6-16)14(2,3)10-15/h4,9H,5-8,10,15H2,1-3H3. The SMILES string of the molecule is Cc1ccoc1C(=O)N1CCN(C(C)(C)CN)CC1. The van der Waals surface area contributed by atoms with Crippen LogP contribution in [-0.2, 0) is 0 Å². The average molecular weight is 265 g/mol. The van der Waals surface area contributed by atoms with Gasteiger partial charge in [0.2, 0.25) is 0 Å². The number of hydrogen-bond acceptors (Lipinski definition) is 4. The maximum absolute atomic E-state index is 12.3. The van der Waals surface area contributed by atoms with Gasteiger partial charge >= 0.3 is 0 Å². The lowest BCUT2D eigenvalue weighted by Crippen LogP contribution is -2.58. The third-order valence-electron chi connectivity index (χ3n) is 3.98. The van der Waals surface area contributed by atoms with E-state index in [0.29, 0.717) is 12.3 Å². The largest absolute Gasteiger partial charge is 0.459 e. The first-order valence-electron chi connectivity index (χ1n) is 6.74. The maximum Gasteiger partial charge on any atom is 0.289 e. The third kappa shape index (κ3) is 2.82. The highest BCUT2D eigenvalue weighted by Gasteiger charge is 2.31. The second-order valence-electron chi connectivity index (χ2n) is 5.73. The number of furan rings is 1. The summed E-state index contributed by atoms with van der Waals surface area (Å²) < 4.78 is 5.27. The number of aryl methyl sites for hydroxylation is 1. The molecule has 1 aliphatic heterocycles. The van der Waals surface area contributed by atoms with Gasteiger partial charge in [0.25, 0.3) is 5.91 Å². The van der Waals surface area contributed by atoms with Gasteiger partial charge in [-0.15, -0.1) is 0 Å². The molecule has 0 atom stereocenters. The van der Waals surface area contributed by atoms with Crippen molar-refractivity contribution in [3.63, 3.8) is 0 Å². The molecule has 5 nitrogen and oxygen atoms in total. The van der Waals surface area contributed by atoms with Gasteiger partial charge in [-0.25, -0.2) is 0 Å². The van der Waals surface area contributed by atoms with Crippen molar-refractivity contribution in [2.24, 2.45) is 5.73 Å². The van der Waals surface area contributed by atoms with Crippen molar-refractivity contribution < 1.29 is 9.21 Å². The number of nitrogens with zero attached hydrogens (tertiary/aromatic N) is 2. The lowest BCUT2D eigenvalue weighted by atomic mass is 10.0. The number of rotatable bonds is 3. The van der Waals surface area contributed by atoms with Crippen LogP contribution in [0.2, 0.25) is 0 Å². The molecule has 2 rings (SSSR count). The molecule has 0 radical (unpaired) electrons. The van der Waals surface area contributed by atoms with Gasteiger partial charge in [-0.1, -0.05) is 0 Å². The summed E-state index contributed by atoms with van der Waals surface area (Å²) >= 11 is 0. The maximum atomic E-state index is 12.3. The summed E-state index contributed by atoms with van der Waals surface area (Å²) in [7, 11) is 0. The van der Waals surface area contributed by atoms with E-state index in [9.17, 15) is 4.79 Å². The van der Waals surface area contributed by atoms with Crippen molar-refractivity contribution in [2.45, 2.75) is 26.3 Å². The predicted octanol–water partition coefficient (Wildman–Crippen LogP) is 1.08. The van der Waals surface area contributed by atoms with Crippen molar-refractivity contribution in [1.82, 2.24) is 9.80 Å². The molecule has 0 bridgehead atoms. The van der Waals surface area contributed by atoms with Crippen molar-refractivity contribution in [1.29, 1.82) is 0 Å². The molecule has 1 fully saturated rings. The quantitative estimate of drug-likeness (QED) is 0.888. The topological polar surface area (TPSA) is 62.7 Å². The monoisotopic (exact) mass is 265 g/mol. The molecule has 2 N–H and O–H groups in total. The van der Waals surface area contributed by atoms with Crippen LogP contribution in [0.15, 0.2) is 16.7 Å². The molecule has 0 unspecified atom stereocenters. The average Bonchev–Trinajstić information content (AvgIpc) is 2.84. The number of amides is 1. The van der Waals surface area contributed by atoms with Gasteiger partial charge in [-0.2, -0.15) is 0 Å². The molecule has 1 aliphatic rings. The third-order valence-corrected chi connectivity index (χ3v) is 3.98. The molecule has 1 saturated heterocycles. The van der Waals surface area contributed by atoms with Gasteiger partial charge in [0.15, 0.2) is 5.76 Å². The first kappa shape index (κ1) is 14.1. The summed E-state index contributed by atoms with van der Waals surface area (Å²) in [4.78, 5) is 16.5. The first-order chi connectivity index (χ1) is 8.95. The summed E-state index contributed by atoms with van der Waals surface area (Å²) in [5.41, 5.74) is 6.69. The molecule has 19 heavy (non-hydrogen) atoms. The van der Waals surface area contributed by atoms with Gasteiger partial charge in [-0.05, 0) is 26.8 Å². The number of carbonyl (C=O) groups excluding carboxylic acids is 1. The molecule has 1 amide bonds. The minimum atomic E-state index is -0.00676. The summed E-state index contributed by atoms with van der Waals surface area (Å²) in [6, 6.07) is 1.82. The van der Waals surface area contributed by atoms with Crippen LogP contribution in [0.1, 0.15) is 30.0 Å². The smallest absolute Gasteiger partial charge is 0.289 e. The Morgan fingerprint density at radius 1 is 1.37 bits per heavy atom. The van der Waals surface area contributed by atoms with Crippen molar-refractivity contribution in [3.8, 4) is 0 Å². The molecular formula is C14H23N3O2. The molecule has 5 heteroatoms. The molecule has 106 valence electrons. The van der Waals surface area contributed by atoms with E-state index < -0.39 is 0 Å². The van der Waals surface area contributed by atoms with E-state index in [2.05, 4.69) is 18.7 Å². The number of nitrogens with two attached hydrogens (primary N) is 1. The van der Waals surface area contributed by atoms with E-state index in [1.807, 2.05) is 17.9 Å². The van der Waals surface area contributed by atoms with Crippen LogP contribution in [0.25, 0.3) is 0 Å². The van der Waals surface area contributed by atoms with E-state index >= 15 is 0 Å². The van der Waals surface area contributed by atoms with Gasteiger partial charge in [0.1, 0.15) is 0 Å². The minimum absolute atomic E-state index is 0.00423. The van der Waals surface area contributed by atoms with E-state index in [1.165, 1.54) is 0 Å². The van der Waals surface area contributed by atoms with Crippen LogP contribution in [0, 0.1) is 6.92 Å². The Labute approximate surface area is 114 Å². The number of carbonyl (C=O) groups is 1. The second kappa shape index (κ2) is 5.35. The molecule has 1 aromatic heterocycles. The summed E-state index contributed by atoms with van der Waals surface area (Å²) in [6.45, 7) is 9.96. The Morgan fingerprint density at radius 3 is 2.47 bits per heavy atom. The van der Waals surface area contributed by atoms with Gasteiger partial charge < -0.3 is 15.1 Å². The Morgan fingerprint density at radius 2 is 2.00 bits per heavy atom. The zero-order valence-corrected chi connectivity index (χ0v) is 12.0. The van der Waals surface area contributed by atoms with E-state index in [-0.39, 0.29) is 11.4 Å². The van der Waals surface area contributed by atoms with E-state index in [4.69, 9.17) is 10.2 Å². The van der Waals surface area contributed by atoms with E-state index in [0.717, 1.165) is 31.7 Å². The normalized spacial score (nSPS) is 17.8. The van der Waals surface area contributed by atoms with Crippen LogP contribution >= 0.6 is 0 Å². The fourth-order valence-electron chi connectivity index (χ4n) is 2.38. The number of hydrogen-bond donors (Lipinski definition) is 1. The van der Waals surface area contributed by atoms with Gasteiger partial charge in [0.05, 0.1) is 6.26 Å². The predicted molar refractivity (Wildman–Crippen MR) is 74.1 cm³/mol. The summed E-state index contributed by atoms with van der Waals surface area (Å²) in [6.07, 6.45) is 1.57. The van der Waals surface area contributed by atoms with Gasteiger partial charge in [0, 0.05) is 43.8 Å². The molecule has 0 aromatic carbocycles. The van der Waals surface area contributed by atoms with Crippen LogP contribution < -0.4 is 5.73 Å². The molecule has 0 aliphatic carbocycles. The fourth-order valence-corrected chi connectivity index (χ4v) is 2.38. The zero-order valence-electron chi connectivity index (χ0n) is 12.0. The highest BCUT2D eigenvalue weighted by Crippen LogP contribution is 2.18. The molecule has 1 aromatic rings. The Kier molecular flexibility index (Phi) is 3.96. The fraction of sp³-hybridized carbons (Fsp3) is 0.643. The summed E-state index contributed by atoms with van der Waals surface area (Å²) in [5.74, 6) is 0.458. The van der Waals surface area contributed by atoms with Crippen LogP contribution in [-0.4, -0.2) is 54.0 Å². The zero-order chi connectivity index (χ0) is 14.0.